The molecule has 0 atom stereocenters. The van der Waals surface area contributed by atoms with Gasteiger partial charge < -0.3 is 25.0 Å². The summed E-state index contributed by atoms with van der Waals surface area (Å²) in [5, 5.41) is 24.7. The molecular formula is C24H25N11O3. The summed E-state index contributed by atoms with van der Waals surface area (Å²) in [6.45, 7) is 1.58. The van der Waals surface area contributed by atoms with E-state index < -0.39 is 0 Å². The second-order valence-electron chi connectivity index (χ2n) is 8.74. The van der Waals surface area contributed by atoms with Gasteiger partial charge in [0, 0.05) is 26.3 Å². The zero-order chi connectivity index (χ0) is 26.2. The van der Waals surface area contributed by atoms with Gasteiger partial charge in [0.05, 0.1) is 37.2 Å². The van der Waals surface area contributed by atoms with Gasteiger partial charge in [-0.3, -0.25) is 15.0 Å². The first-order valence-electron chi connectivity index (χ1n) is 11.8. The molecule has 6 rings (SSSR count). The Kier molecular flexibility index (Phi) is 5.84. The van der Waals surface area contributed by atoms with Crippen LogP contribution in [0.2, 0.25) is 0 Å². The number of H-pyrrole nitrogens is 2. The largest absolute Gasteiger partial charge is 0.494 e. The zero-order valence-electron chi connectivity index (χ0n) is 20.9. The predicted octanol–water partition coefficient (Wildman–Crippen LogP) is 2.17. The van der Waals surface area contributed by atoms with E-state index in [0.29, 0.717) is 51.2 Å². The third-order valence-corrected chi connectivity index (χ3v) is 6.27. The van der Waals surface area contributed by atoms with Crippen LogP contribution >= 0.6 is 0 Å². The summed E-state index contributed by atoms with van der Waals surface area (Å²) in [5.41, 5.74) is 1.86. The normalized spacial score (nSPS) is 13.5. The van der Waals surface area contributed by atoms with Crippen molar-refractivity contribution in [3.05, 3.63) is 52.8 Å². The van der Waals surface area contributed by atoms with Gasteiger partial charge in [0.2, 0.25) is 5.82 Å². The predicted molar refractivity (Wildman–Crippen MR) is 141 cm³/mol. The number of aromatic nitrogens is 8. The maximum Gasteiger partial charge on any atom is 0.275 e. The number of aryl methyl sites for hydroxylation is 1. The molecule has 4 aromatic heterocycles. The van der Waals surface area contributed by atoms with Crippen LogP contribution in [0.15, 0.2) is 47.3 Å². The summed E-state index contributed by atoms with van der Waals surface area (Å²) in [7, 11) is 4.96. The highest BCUT2D eigenvalue weighted by atomic mass is 16.5. The second-order valence-corrected chi connectivity index (χ2v) is 8.74. The van der Waals surface area contributed by atoms with Gasteiger partial charge in [-0.25, -0.2) is 9.97 Å². The second kappa shape index (κ2) is 9.48. The topological polar surface area (TPSA) is 164 Å². The van der Waals surface area contributed by atoms with Gasteiger partial charge in [0.1, 0.15) is 22.8 Å². The Hall–Kier alpha value is -4.98. The number of nitrogens with zero attached hydrogens (tertiary/aromatic N) is 7. The number of hydrogen-bond donors (Lipinski definition) is 4. The third-order valence-electron chi connectivity index (χ3n) is 6.27. The molecule has 38 heavy (non-hydrogen) atoms. The molecule has 4 N–H and O–H groups in total. The number of fused-ring (bicyclic) bond motifs is 1. The highest BCUT2D eigenvalue weighted by Crippen LogP contribution is 2.37. The number of pyridine rings is 2. The van der Waals surface area contributed by atoms with Gasteiger partial charge in [-0.15, -0.1) is 10.2 Å². The van der Waals surface area contributed by atoms with Gasteiger partial charge in [-0.2, -0.15) is 4.80 Å². The van der Waals surface area contributed by atoms with Crippen LogP contribution in [0.25, 0.3) is 22.4 Å². The SMILES string of the molecule is COc1c(Nc2cc(Nc3cccc(N4CC(OC)C4)n3)nc3[nH][nH]c(=O)c23)cccc1-c1nnn(C)n1. The Balaban J connectivity index is 1.34. The van der Waals surface area contributed by atoms with E-state index in [-0.39, 0.29) is 11.7 Å². The number of hydrogen-bond acceptors (Lipinski definition) is 11. The first-order chi connectivity index (χ1) is 18.5. The monoisotopic (exact) mass is 515 g/mol. The molecule has 1 saturated heterocycles. The minimum Gasteiger partial charge on any atom is -0.494 e. The number of benzene rings is 1. The van der Waals surface area contributed by atoms with Crippen LogP contribution in [-0.2, 0) is 11.8 Å². The fourth-order valence-electron chi connectivity index (χ4n) is 4.35. The molecule has 0 spiro atoms. The fourth-order valence-corrected chi connectivity index (χ4v) is 4.35. The van der Waals surface area contributed by atoms with Crippen molar-refractivity contribution in [3.8, 4) is 17.1 Å². The van der Waals surface area contributed by atoms with Crippen LogP contribution < -0.4 is 25.8 Å². The molecule has 5 aromatic rings. The van der Waals surface area contributed by atoms with Crippen molar-refractivity contribution >= 4 is 39.9 Å². The van der Waals surface area contributed by atoms with E-state index in [9.17, 15) is 4.79 Å². The van der Waals surface area contributed by atoms with Crippen LogP contribution in [-0.4, -0.2) is 73.8 Å². The molecule has 0 amide bonds. The minimum absolute atomic E-state index is 0.219. The Bertz CT molecular complexity index is 1670. The average molecular weight is 516 g/mol. The maximum absolute atomic E-state index is 12.6. The number of nitrogens with one attached hydrogen (secondary N) is 4. The van der Waals surface area contributed by atoms with Crippen molar-refractivity contribution in [2.75, 3.05) is 42.8 Å². The van der Waals surface area contributed by atoms with E-state index in [1.807, 2.05) is 36.4 Å². The maximum atomic E-state index is 12.6. The Morgan fingerprint density at radius 3 is 2.61 bits per heavy atom. The summed E-state index contributed by atoms with van der Waals surface area (Å²) in [6.07, 6.45) is 0.219. The highest BCUT2D eigenvalue weighted by Gasteiger charge is 2.27. The molecule has 1 aromatic carbocycles. The van der Waals surface area contributed by atoms with Crippen molar-refractivity contribution in [2.24, 2.45) is 7.05 Å². The number of tetrazole rings is 1. The van der Waals surface area contributed by atoms with Gasteiger partial charge >= 0.3 is 0 Å². The van der Waals surface area contributed by atoms with Gasteiger partial charge in [0.15, 0.2) is 11.4 Å². The molecule has 194 valence electrons. The van der Waals surface area contributed by atoms with E-state index in [1.165, 1.54) is 4.80 Å². The van der Waals surface area contributed by atoms with Crippen molar-refractivity contribution in [1.82, 2.24) is 40.4 Å². The lowest BCUT2D eigenvalue weighted by Crippen LogP contribution is -2.52. The van der Waals surface area contributed by atoms with Gasteiger partial charge in [-0.1, -0.05) is 12.1 Å². The molecule has 0 aliphatic carbocycles. The van der Waals surface area contributed by atoms with E-state index in [4.69, 9.17) is 14.5 Å². The average Bonchev–Trinajstić information content (AvgIpc) is 3.49. The number of methoxy groups -OCH3 is 2. The summed E-state index contributed by atoms with van der Waals surface area (Å²) in [4.78, 5) is 25.4. The molecule has 0 bridgehead atoms. The quantitative estimate of drug-likeness (QED) is 0.239. The smallest absolute Gasteiger partial charge is 0.275 e. The molecule has 1 aliphatic heterocycles. The Morgan fingerprint density at radius 2 is 1.84 bits per heavy atom. The fraction of sp³-hybridized carbons (Fsp3) is 0.250. The van der Waals surface area contributed by atoms with E-state index in [2.05, 4.69) is 46.1 Å². The van der Waals surface area contributed by atoms with Gasteiger partial charge in [0.25, 0.3) is 5.56 Å². The minimum atomic E-state index is -0.308. The number of ether oxygens (including phenoxy) is 2. The summed E-state index contributed by atoms with van der Waals surface area (Å²) >= 11 is 0. The number of rotatable bonds is 8. The van der Waals surface area contributed by atoms with Crippen molar-refractivity contribution in [3.63, 3.8) is 0 Å². The van der Waals surface area contributed by atoms with Crippen LogP contribution in [0.5, 0.6) is 5.75 Å². The molecular weight excluding hydrogens is 490 g/mol. The molecule has 1 fully saturated rings. The zero-order valence-corrected chi connectivity index (χ0v) is 20.9. The standard InChI is InChI=1S/C24H25N11O3/c1-34-32-22(30-33-34)14-6-4-7-15(21(14)38-3)25-16-10-18(28-23-20(16)24(36)31-29-23)26-17-8-5-9-19(27-17)35-11-13(12-35)37-2/h4-10,13H,11-12H2,1-3H3,(H4,25,26,27,28,29,31,36). The van der Waals surface area contributed by atoms with Crippen molar-refractivity contribution in [2.45, 2.75) is 6.10 Å². The van der Waals surface area contributed by atoms with Crippen molar-refractivity contribution in [1.29, 1.82) is 0 Å². The Morgan fingerprint density at radius 1 is 1.00 bits per heavy atom. The molecule has 14 nitrogen and oxygen atoms in total. The first-order valence-corrected chi connectivity index (χ1v) is 11.8. The summed E-state index contributed by atoms with van der Waals surface area (Å²) in [5.74, 6) is 2.87. The van der Waals surface area contributed by atoms with Crippen LogP contribution in [0, 0.1) is 0 Å². The van der Waals surface area contributed by atoms with E-state index in [1.54, 1.807) is 27.3 Å². The van der Waals surface area contributed by atoms with Crippen molar-refractivity contribution < 1.29 is 9.47 Å². The van der Waals surface area contributed by atoms with Crippen LogP contribution in [0.4, 0.5) is 28.8 Å². The highest BCUT2D eigenvalue weighted by molar-refractivity contribution is 5.94. The lowest BCUT2D eigenvalue weighted by molar-refractivity contribution is 0.0783. The van der Waals surface area contributed by atoms with E-state index in [0.717, 1.165) is 18.9 Å². The molecule has 14 heteroatoms. The molecule has 0 unspecified atom stereocenters. The van der Waals surface area contributed by atoms with Crippen LogP contribution in [0.1, 0.15) is 0 Å². The number of aromatic amines is 2. The van der Waals surface area contributed by atoms with E-state index >= 15 is 0 Å². The number of anilines is 5. The molecule has 0 saturated carbocycles. The molecule has 0 radical (unpaired) electrons. The summed E-state index contributed by atoms with van der Waals surface area (Å²) in [6, 6.07) is 13.0. The molecule has 1 aliphatic rings. The lowest BCUT2D eigenvalue weighted by atomic mass is 10.1. The third kappa shape index (κ3) is 4.26. The summed E-state index contributed by atoms with van der Waals surface area (Å²) < 4.78 is 11.1. The van der Waals surface area contributed by atoms with Crippen LogP contribution in [0.3, 0.4) is 0 Å². The Labute approximate surface area is 216 Å². The first kappa shape index (κ1) is 23.4. The van der Waals surface area contributed by atoms with Gasteiger partial charge in [-0.05, 0) is 29.5 Å². The number of para-hydroxylation sites is 1. The molecule has 5 heterocycles. The lowest BCUT2D eigenvalue weighted by Gasteiger charge is -2.39.